The second-order valence-electron chi connectivity index (χ2n) is 7.87. The maximum Gasteiger partial charge on any atom is 0.244 e. The fourth-order valence-corrected chi connectivity index (χ4v) is 4.26. The Morgan fingerprint density at radius 3 is 2.21 bits per heavy atom. The zero-order valence-electron chi connectivity index (χ0n) is 19.1. The molecule has 2 aromatic rings. The quantitative estimate of drug-likeness (QED) is 0.518. The molecule has 0 radical (unpaired) electrons. The number of nitrogens with zero attached hydrogens (tertiary/aromatic N) is 2. The van der Waals surface area contributed by atoms with E-state index in [1.54, 1.807) is 55.5 Å². The van der Waals surface area contributed by atoms with Crippen molar-refractivity contribution in [1.29, 1.82) is 0 Å². The Labute approximate surface area is 205 Å². The molecule has 0 aliphatic rings. The van der Waals surface area contributed by atoms with Gasteiger partial charge in [0.2, 0.25) is 21.8 Å². The average molecular weight is 514 g/mol. The molecular weight excluding hydrogens is 485 g/mol. The molecule has 0 spiro atoms. The summed E-state index contributed by atoms with van der Waals surface area (Å²) >= 11 is 12.1. The van der Waals surface area contributed by atoms with Gasteiger partial charge >= 0.3 is 0 Å². The average Bonchev–Trinajstić information content (AvgIpc) is 2.77. The molecule has 0 heterocycles. The van der Waals surface area contributed by atoms with Crippen molar-refractivity contribution in [1.82, 2.24) is 10.2 Å². The topological polar surface area (TPSA) is 86.8 Å². The van der Waals surface area contributed by atoms with Crippen LogP contribution in [0.15, 0.2) is 48.5 Å². The van der Waals surface area contributed by atoms with Gasteiger partial charge in [0, 0.05) is 12.6 Å². The second kappa shape index (κ2) is 11.7. The van der Waals surface area contributed by atoms with Crippen molar-refractivity contribution in [2.24, 2.45) is 0 Å². The van der Waals surface area contributed by atoms with Crippen LogP contribution < -0.4 is 9.62 Å². The summed E-state index contributed by atoms with van der Waals surface area (Å²) in [4.78, 5) is 27.6. The van der Waals surface area contributed by atoms with Crippen LogP contribution >= 0.6 is 23.2 Å². The van der Waals surface area contributed by atoms with Gasteiger partial charge in [-0.3, -0.25) is 13.9 Å². The van der Waals surface area contributed by atoms with Crippen LogP contribution in [0.3, 0.4) is 0 Å². The molecular formula is C23H29Cl2N3O4S. The number of hydrogen-bond donors (Lipinski definition) is 1. The van der Waals surface area contributed by atoms with Gasteiger partial charge in [-0.05, 0) is 50.1 Å². The van der Waals surface area contributed by atoms with Crippen LogP contribution in [-0.2, 0) is 26.2 Å². The molecule has 0 aliphatic heterocycles. The summed E-state index contributed by atoms with van der Waals surface area (Å²) in [5.74, 6) is -0.856. The molecule has 1 N–H and O–H groups in total. The highest BCUT2D eigenvalue weighted by molar-refractivity contribution is 7.92. The molecule has 0 bridgehead atoms. The van der Waals surface area contributed by atoms with Gasteiger partial charge in [-0.25, -0.2) is 8.42 Å². The number of carbonyl (C=O) groups is 2. The lowest BCUT2D eigenvalue weighted by molar-refractivity contribution is -0.139. The maximum absolute atomic E-state index is 13.4. The van der Waals surface area contributed by atoms with E-state index in [1.165, 1.54) is 4.90 Å². The molecule has 2 aromatic carbocycles. The van der Waals surface area contributed by atoms with E-state index in [0.29, 0.717) is 21.3 Å². The molecule has 2 rings (SSSR count). The molecule has 33 heavy (non-hydrogen) atoms. The van der Waals surface area contributed by atoms with Crippen molar-refractivity contribution in [2.75, 3.05) is 17.1 Å². The molecule has 0 unspecified atom stereocenters. The second-order valence-corrected chi connectivity index (χ2v) is 10.6. The highest BCUT2D eigenvalue weighted by Gasteiger charge is 2.30. The predicted octanol–water partition coefficient (Wildman–Crippen LogP) is 4.09. The van der Waals surface area contributed by atoms with Crippen LogP contribution in [0.1, 0.15) is 32.8 Å². The third kappa shape index (κ3) is 7.62. The summed E-state index contributed by atoms with van der Waals surface area (Å²) in [5.41, 5.74) is 1.02. The van der Waals surface area contributed by atoms with E-state index >= 15 is 0 Å². The predicted molar refractivity (Wildman–Crippen MR) is 133 cm³/mol. The third-order valence-corrected chi connectivity index (χ3v) is 7.11. The van der Waals surface area contributed by atoms with E-state index in [4.69, 9.17) is 23.2 Å². The number of sulfonamides is 1. The molecule has 7 nitrogen and oxygen atoms in total. The minimum Gasteiger partial charge on any atom is -0.352 e. The number of anilines is 1. The highest BCUT2D eigenvalue weighted by Crippen LogP contribution is 2.24. The third-order valence-electron chi connectivity index (χ3n) is 5.23. The molecule has 0 aromatic heterocycles. The van der Waals surface area contributed by atoms with Gasteiger partial charge in [0.1, 0.15) is 12.6 Å². The van der Waals surface area contributed by atoms with Gasteiger partial charge in [-0.15, -0.1) is 0 Å². The minimum atomic E-state index is -3.75. The Balaban J connectivity index is 2.38. The molecule has 180 valence electrons. The first kappa shape index (κ1) is 27.0. The summed E-state index contributed by atoms with van der Waals surface area (Å²) < 4.78 is 25.9. The number of rotatable bonds is 10. The van der Waals surface area contributed by atoms with Gasteiger partial charge in [-0.1, -0.05) is 54.4 Å². The Bertz CT molecular complexity index is 1080. The summed E-state index contributed by atoms with van der Waals surface area (Å²) in [6.45, 7) is 5.03. The molecule has 0 saturated heterocycles. The number of halogens is 2. The van der Waals surface area contributed by atoms with Crippen molar-refractivity contribution in [3.05, 3.63) is 64.1 Å². The van der Waals surface area contributed by atoms with Crippen LogP contribution in [0, 0.1) is 0 Å². The Hall–Kier alpha value is -2.29. The molecule has 10 heteroatoms. The Morgan fingerprint density at radius 2 is 1.67 bits per heavy atom. The molecule has 2 amide bonds. The number of amides is 2. The minimum absolute atomic E-state index is 0.0528. The van der Waals surface area contributed by atoms with Crippen molar-refractivity contribution in [3.8, 4) is 0 Å². The van der Waals surface area contributed by atoms with Crippen LogP contribution in [0.5, 0.6) is 0 Å². The lowest BCUT2D eigenvalue weighted by atomic mass is 10.1. The fourth-order valence-electron chi connectivity index (χ4n) is 3.09. The van der Waals surface area contributed by atoms with E-state index in [1.807, 2.05) is 13.8 Å². The van der Waals surface area contributed by atoms with Gasteiger partial charge in [-0.2, -0.15) is 0 Å². The lowest BCUT2D eigenvalue weighted by Crippen LogP contribution is -2.52. The van der Waals surface area contributed by atoms with E-state index in [0.717, 1.165) is 17.0 Å². The van der Waals surface area contributed by atoms with Crippen LogP contribution in [0.2, 0.25) is 10.0 Å². The summed E-state index contributed by atoms with van der Waals surface area (Å²) in [6, 6.07) is 12.4. The highest BCUT2D eigenvalue weighted by atomic mass is 35.5. The van der Waals surface area contributed by atoms with Crippen LogP contribution in [0.25, 0.3) is 0 Å². The Kier molecular flexibility index (Phi) is 9.57. The number of hydrogen-bond acceptors (Lipinski definition) is 4. The largest absolute Gasteiger partial charge is 0.352 e. The zero-order chi connectivity index (χ0) is 24.8. The summed E-state index contributed by atoms with van der Waals surface area (Å²) in [5, 5.41) is 3.56. The van der Waals surface area contributed by atoms with Crippen molar-refractivity contribution < 1.29 is 18.0 Å². The molecule has 0 fully saturated rings. The standard InChI is InChI=1S/C23H29Cl2N3O4S/c1-5-16(2)26-23(30)17(3)27(14-18-11-12-20(24)21(25)13-18)22(29)15-28(33(4,31)32)19-9-7-6-8-10-19/h6-13,16-17H,5,14-15H2,1-4H3,(H,26,30)/t16-,17+/m1/s1. The molecule has 2 atom stereocenters. The summed E-state index contributed by atoms with van der Waals surface area (Å²) in [6.07, 6.45) is 1.77. The van der Waals surface area contributed by atoms with Crippen molar-refractivity contribution in [3.63, 3.8) is 0 Å². The van der Waals surface area contributed by atoms with Crippen LogP contribution in [0.4, 0.5) is 5.69 Å². The first-order chi connectivity index (χ1) is 15.4. The van der Waals surface area contributed by atoms with Crippen molar-refractivity contribution >= 4 is 50.7 Å². The number of carbonyl (C=O) groups excluding carboxylic acids is 2. The monoisotopic (exact) mass is 513 g/mol. The van der Waals surface area contributed by atoms with Crippen molar-refractivity contribution in [2.45, 2.75) is 45.8 Å². The zero-order valence-corrected chi connectivity index (χ0v) is 21.4. The Morgan fingerprint density at radius 1 is 1.03 bits per heavy atom. The lowest BCUT2D eigenvalue weighted by Gasteiger charge is -2.32. The van der Waals surface area contributed by atoms with Crippen LogP contribution in [-0.4, -0.2) is 50.0 Å². The van der Waals surface area contributed by atoms with Gasteiger partial charge in [0.15, 0.2) is 0 Å². The normalized spacial score (nSPS) is 13.2. The van der Waals surface area contributed by atoms with E-state index < -0.39 is 28.5 Å². The fraction of sp³-hybridized carbons (Fsp3) is 0.391. The van der Waals surface area contributed by atoms with E-state index in [9.17, 15) is 18.0 Å². The SMILES string of the molecule is CC[C@@H](C)NC(=O)[C@H](C)N(Cc1ccc(Cl)c(Cl)c1)C(=O)CN(c1ccccc1)S(C)(=O)=O. The number of nitrogens with one attached hydrogen (secondary N) is 1. The number of para-hydroxylation sites is 1. The first-order valence-electron chi connectivity index (χ1n) is 10.5. The smallest absolute Gasteiger partial charge is 0.244 e. The molecule has 0 aliphatic carbocycles. The maximum atomic E-state index is 13.4. The first-order valence-corrected chi connectivity index (χ1v) is 13.1. The van der Waals surface area contributed by atoms with E-state index in [2.05, 4.69) is 5.32 Å². The van der Waals surface area contributed by atoms with E-state index in [-0.39, 0.29) is 18.5 Å². The summed E-state index contributed by atoms with van der Waals surface area (Å²) in [7, 11) is -3.75. The van der Waals surface area contributed by atoms with Gasteiger partial charge in [0.25, 0.3) is 0 Å². The number of benzene rings is 2. The van der Waals surface area contributed by atoms with Gasteiger partial charge < -0.3 is 10.2 Å². The molecule has 0 saturated carbocycles. The van der Waals surface area contributed by atoms with Gasteiger partial charge in [0.05, 0.1) is 22.0 Å².